The van der Waals surface area contributed by atoms with E-state index in [1.807, 2.05) is 19.9 Å². The lowest BCUT2D eigenvalue weighted by atomic mass is 10.1. The molecular weight excluding hydrogens is 521 g/mol. The summed E-state index contributed by atoms with van der Waals surface area (Å²) in [7, 11) is 0. The molecule has 0 radical (unpaired) electrons. The second-order valence-corrected chi connectivity index (χ2v) is 10.7. The third-order valence-corrected chi connectivity index (χ3v) is 6.06. The first kappa shape index (κ1) is 28.0. The molecule has 2 N–H and O–H groups in total. The number of rotatable bonds is 7. The Bertz CT molecular complexity index is 1560. The summed E-state index contributed by atoms with van der Waals surface area (Å²) in [5.74, 6) is -0.0281. The Morgan fingerprint density at radius 1 is 1.21 bits per heavy atom. The van der Waals surface area contributed by atoms with Gasteiger partial charge in [0.25, 0.3) is 0 Å². The SMILES string of the molecule is Cc1cc(NC(=O)OC(C)(C)C)nc(C)c1CNCc1cn(Cc2cc(F)c3ncc(Cl)cc3c2)nc1C#N. The van der Waals surface area contributed by atoms with E-state index >= 15 is 0 Å². The zero-order valence-corrected chi connectivity index (χ0v) is 23.1. The Hall–Kier alpha value is -4.07. The number of ether oxygens (including phenoxy) is 1. The summed E-state index contributed by atoms with van der Waals surface area (Å²) in [5, 5.41) is 21.0. The van der Waals surface area contributed by atoms with E-state index < -0.39 is 17.5 Å². The molecule has 0 saturated heterocycles. The number of nitriles is 1. The van der Waals surface area contributed by atoms with Gasteiger partial charge < -0.3 is 10.1 Å². The second kappa shape index (κ2) is 11.4. The minimum atomic E-state index is -0.606. The van der Waals surface area contributed by atoms with Gasteiger partial charge in [-0.2, -0.15) is 10.4 Å². The molecule has 0 aliphatic heterocycles. The topological polar surface area (TPSA) is 118 Å². The van der Waals surface area contributed by atoms with Crippen molar-refractivity contribution in [1.82, 2.24) is 25.1 Å². The van der Waals surface area contributed by atoms with Crippen molar-refractivity contribution in [2.75, 3.05) is 5.32 Å². The first-order valence-electron chi connectivity index (χ1n) is 12.3. The molecule has 0 atom stereocenters. The van der Waals surface area contributed by atoms with Gasteiger partial charge in [0.1, 0.15) is 28.8 Å². The van der Waals surface area contributed by atoms with Gasteiger partial charge >= 0.3 is 6.09 Å². The van der Waals surface area contributed by atoms with Crippen molar-refractivity contribution >= 4 is 34.4 Å². The molecule has 1 amide bonds. The third-order valence-electron chi connectivity index (χ3n) is 5.85. The van der Waals surface area contributed by atoms with Crippen LogP contribution in [0, 0.1) is 31.0 Å². The van der Waals surface area contributed by atoms with Crippen LogP contribution in [0.5, 0.6) is 0 Å². The number of fused-ring (bicyclic) bond motifs is 1. The third kappa shape index (κ3) is 7.07. The first-order valence-corrected chi connectivity index (χ1v) is 12.7. The largest absolute Gasteiger partial charge is 0.444 e. The maximum Gasteiger partial charge on any atom is 0.413 e. The maximum absolute atomic E-state index is 14.5. The number of hydrogen-bond donors (Lipinski definition) is 2. The summed E-state index contributed by atoms with van der Waals surface area (Å²) < 4.78 is 21.5. The maximum atomic E-state index is 14.5. The molecule has 3 heterocycles. The minimum Gasteiger partial charge on any atom is -0.444 e. The molecule has 39 heavy (non-hydrogen) atoms. The number of aromatic nitrogens is 4. The van der Waals surface area contributed by atoms with Crippen molar-refractivity contribution < 1.29 is 13.9 Å². The Kier molecular flexibility index (Phi) is 8.14. The Labute approximate surface area is 231 Å². The average molecular weight is 550 g/mol. The Morgan fingerprint density at radius 2 is 1.97 bits per heavy atom. The molecule has 4 rings (SSSR count). The fraction of sp³-hybridized carbons (Fsp3) is 0.321. The number of hydrogen-bond acceptors (Lipinski definition) is 7. The van der Waals surface area contributed by atoms with Gasteiger partial charge in [0.05, 0.1) is 11.6 Å². The molecule has 0 aliphatic carbocycles. The number of carbonyl (C=O) groups is 1. The lowest BCUT2D eigenvalue weighted by Crippen LogP contribution is -2.27. The summed E-state index contributed by atoms with van der Waals surface area (Å²) in [6.07, 6.45) is 2.62. The molecule has 0 bridgehead atoms. The van der Waals surface area contributed by atoms with Crippen LogP contribution in [0.3, 0.4) is 0 Å². The molecule has 202 valence electrons. The number of pyridine rings is 2. The Morgan fingerprint density at radius 3 is 2.67 bits per heavy atom. The zero-order chi connectivity index (χ0) is 28.3. The zero-order valence-electron chi connectivity index (χ0n) is 22.4. The average Bonchev–Trinajstić information content (AvgIpc) is 3.20. The van der Waals surface area contributed by atoms with Gasteiger partial charge in [-0.05, 0) is 75.6 Å². The predicted molar refractivity (Wildman–Crippen MR) is 147 cm³/mol. The number of amides is 1. The molecule has 11 heteroatoms. The lowest BCUT2D eigenvalue weighted by molar-refractivity contribution is 0.0635. The highest BCUT2D eigenvalue weighted by Crippen LogP contribution is 2.22. The quantitative estimate of drug-likeness (QED) is 0.299. The van der Waals surface area contributed by atoms with Crippen molar-refractivity contribution in [1.29, 1.82) is 5.26 Å². The van der Waals surface area contributed by atoms with E-state index in [4.69, 9.17) is 16.3 Å². The van der Waals surface area contributed by atoms with Crippen LogP contribution in [0.4, 0.5) is 15.0 Å². The molecule has 0 spiro atoms. The number of aryl methyl sites for hydroxylation is 2. The first-order chi connectivity index (χ1) is 18.4. The van der Waals surface area contributed by atoms with Crippen LogP contribution in [-0.2, 0) is 24.4 Å². The fourth-order valence-electron chi connectivity index (χ4n) is 4.20. The van der Waals surface area contributed by atoms with Gasteiger partial charge in [0.2, 0.25) is 0 Å². The number of benzene rings is 1. The highest BCUT2D eigenvalue weighted by Gasteiger charge is 2.18. The number of carbonyl (C=O) groups excluding carboxylic acids is 1. The molecule has 4 aromatic rings. The number of anilines is 1. The van der Waals surface area contributed by atoms with E-state index in [9.17, 15) is 14.4 Å². The summed E-state index contributed by atoms with van der Waals surface area (Å²) >= 11 is 6.02. The highest BCUT2D eigenvalue weighted by molar-refractivity contribution is 6.31. The number of halogens is 2. The monoisotopic (exact) mass is 549 g/mol. The van der Waals surface area contributed by atoms with E-state index in [0.29, 0.717) is 34.9 Å². The normalized spacial score (nSPS) is 11.4. The van der Waals surface area contributed by atoms with Crippen LogP contribution in [0.25, 0.3) is 10.9 Å². The van der Waals surface area contributed by atoms with Crippen LogP contribution < -0.4 is 10.6 Å². The number of nitrogens with one attached hydrogen (secondary N) is 2. The van der Waals surface area contributed by atoms with Crippen molar-refractivity contribution in [2.24, 2.45) is 0 Å². The van der Waals surface area contributed by atoms with Crippen molar-refractivity contribution in [3.63, 3.8) is 0 Å². The highest BCUT2D eigenvalue weighted by atomic mass is 35.5. The standard InChI is InChI=1S/C28H29ClFN7O2/c1-16-6-25(35-27(38)39-28(3,4)5)34-17(2)22(16)13-32-11-20-15-37(36-24(20)10-31)14-18-7-19-9-21(29)12-33-26(19)23(30)8-18/h6-9,12,15,32H,11,13-14H2,1-5H3,(H,34,35,38). The van der Waals surface area contributed by atoms with Crippen molar-refractivity contribution in [2.45, 2.75) is 59.9 Å². The van der Waals surface area contributed by atoms with Crippen molar-refractivity contribution in [3.8, 4) is 6.07 Å². The second-order valence-electron chi connectivity index (χ2n) is 10.2. The molecule has 0 unspecified atom stereocenters. The van der Waals surface area contributed by atoms with Crippen LogP contribution >= 0.6 is 11.6 Å². The molecule has 9 nitrogen and oxygen atoms in total. The lowest BCUT2D eigenvalue weighted by Gasteiger charge is -2.20. The smallest absolute Gasteiger partial charge is 0.413 e. The van der Waals surface area contributed by atoms with E-state index in [0.717, 1.165) is 22.4 Å². The minimum absolute atomic E-state index is 0.250. The van der Waals surface area contributed by atoms with Crippen LogP contribution in [0.15, 0.2) is 36.7 Å². The van der Waals surface area contributed by atoms with Crippen LogP contribution in [0.2, 0.25) is 5.02 Å². The van der Waals surface area contributed by atoms with E-state index in [1.54, 1.807) is 43.8 Å². The summed E-state index contributed by atoms with van der Waals surface area (Å²) in [6.45, 7) is 10.4. The summed E-state index contributed by atoms with van der Waals surface area (Å²) in [4.78, 5) is 20.6. The summed E-state index contributed by atoms with van der Waals surface area (Å²) in [6, 6.07) is 8.80. The molecule has 3 aromatic heterocycles. The number of nitrogens with zero attached hydrogens (tertiary/aromatic N) is 5. The molecule has 0 aliphatic rings. The van der Waals surface area contributed by atoms with E-state index in [2.05, 4.69) is 31.8 Å². The van der Waals surface area contributed by atoms with Crippen molar-refractivity contribution in [3.05, 3.63) is 81.1 Å². The van der Waals surface area contributed by atoms with Gasteiger partial charge in [0.15, 0.2) is 5.69 Å². The van der Waals surface area contributed by atoms with Crippen LogP contribution in [0.1, 0.15) is 54.4 Å². The molecule has 0 saturated carbocycles. The molecule has 0 fully saturated rings. The van der Waals surface area contributed by atoms with Crippen LogP contribution in [-0.4, -0.2) is 31.4 Å². The summed E-state index contributed by atoms with van der Waals surface area (Å²) in [5.41, 5.74) is 4.02. The Balaban J connectivity index is 1.42. The van der Waals surface area contributed by atoms with Gasteiger partial charge in [-0.15, -0.1) is 0 Å². The van der Waals surface area contributed by atoms with E-state index in [1.165, 1.54) is 12.3 Å². The van der Waals surface area contributed by atoms with Gasteiger partial charge in [-0.1, -0.05) is 11.6 Å². The van der Waals surface area contributed by atoms with Gasteiger partial charge in [-0.25, -0.2) is 14.2 Å². The van der Waals surface area contributed by atoms with Gasteiger partial charge in [0, 0.05) is 42.1 Å². The fourth-order valence-corrected chi connectivity index (χ4v) is 4.37. The van der Waals surface area contributed by atoms with Gasteiger partial charge in [-0.3, -0.25) is 15.0 Å². The van der Waals surface area contributed by atoms with E-state index in [-0.39, 0.29) is 17.8 Å². The molecular formula is C28H29ClFN7O2. The molecule has 1 aromatic carbocycles. The predicted octanol–water partition coefficient (Wildman–Crippen LogP) is 5.79.